The van der Waals surface area contributed by atoms with E-state index in [4.69, 9.17) is 11.6 Å². The van der Waals surface area contributed by atoms with Crippen LogP contribution in [0.2, 0.25) is 0 Å². The number of alkyl halides is 1. The van der Waals surface area contributed by atoms with E-state index in [-0.39, 0.29) is 16.5 Å². The number of benzene rings is 2. The quantitative estimate of drug-likeness (QED) is 0.723. The molecule has 1 heterocycles. The van der Waals surface area contributed by atoms with E-state index in [9.17, 15) is 18.3 Å². The molecule has 3 aromatic rings. The Kier molecular flexibility index (Phi) is 3.84. The number of hydrogen-bond acceptors (Lipinski definition) is 3. The third-order valence-electron chi connectivity index (χ3n) is 3.27. The van der Waals surface area contributed by atoms with Crippen LogP contribution >= 0.6 is 22.9 Å². The average Bonchev–Trinajstić information content (AvgIpc) is 2.90. The second-order valence-electron chi connectivity index (χ2n) is 4.75. The van der Waals surface area contributed by atoms with Crippen LogP contribution in [0.5, 0.6) is 0 Å². The van der Waals surface area contributed by atoms with Crippen LogP contribution in [-0.2, 0) is 5.60 Å². The molecule has 0 aliphatic heterocycles. The Bertz CT molecular complexity index is 854. The Hall–Kier alpha value is -1.63. The van der Waals surface area contributed by atoms with Crippen LogP contribution in [0.15, 0.2) is 36.4 Å². The second-order valence-corrected chi connectivity index (χ2v) is 6.05. The molecule has 0 saturated heterocycles. The van der Waals surface area contributed by atoms with Crippen LogP contribution < -0.4 is 0 Å². The maximum absolute atomic E-state index is 14.0. The fourth-order valence-electron chi connectivity index (χ4n) is 2.14. The maximum atomic E-state index is 14.0. The highest BCUT2D eigenvalue weighted by Crippen LogP contribution is 2.37. The minimum absolute atomic E-state index is 0.119. The molecule has 0 bridgehead atoms. The van der Waals surface area contributed by atoms with Crippen LogP contribution in [0, 0.1) is 17.5 Å². The van der Waals surface area contributed by atoms with Gasteiger partial charge in [0.25, 0.3) is 0 Å². The van der Waals surface area contributed by atoms with E-state index in [1.165, 1.54) is 18.2 Å². The molecule has 114 valence electrons. The van der Waals surface area contributed by atoms with Crippen LogP contribution in [0.3, 0.4) is 0 Å². The summed E-state index contributed by atoms with van der Waals surface area (Å²) in [4.78, 5) is 4.19. The number of fused-ring (bicyclic) bond motifs is 1. The van der Waals surface area contributed by atoms with Crippen molar-refractivity contribution in [2.75, 3.05) is 5.88 Å². The summed E-state index contributed by atoms with van der Waals surface area (Å²) in [5.41, 5.74) is -1.63. The highest BCUT2D eigenvalue weighted by molar-refractivity contribution is 7.18. The molecule has 0 aliphatic rings. The Morgan fingerprint density at radius 1 is 1.09 bits per heavy atom. The Balaban J connectivity index is 2.18. The molecule has 0 saturated carbocycles. The number of nitrogens with zero attached hydrogens (tertiary/aromatic N) is 1. The zero-order valence-corrected chi connectivity index (χ0v) is 12.6. The maximum Gasteiger partial charge on any atom is 0.157 e. The summed E-state index contributed by atoms with van der Waals surface area (Å²) in [7, 11) is 0. The largest absolute Gasteiger partial charge is 0.376 e. The van der Waals surface area contributed by atoms with Crippen molar-refractivity contribution in [1.82, 2.24) is 4.98 Å². The molecular weight excluding hydrogens is 335 g/mol. The summed E-state index contributed by atoms with van der Waals surface area (Å²) in [5, 5.41) is 10.9. The molecule has 0 amide bonds. The first kappa shape index (κ1) is 15.3. The summed E-state index contributed by atoms with van der Waals surface area (Å²) in [6.45, 7) is 0. The van der Waals surface area contributed by atoms with Crippen LogP contribution in [0.25, 0.3) is 10.2 Å². The van der Waals surface area contributed by atoms with E-state index in [0.717, 1.165) is 23.5 Å². The third kappa shape index (κ3) is 2.47. The topological polar surface area (TPSA) is 33.1 Å². The second kappa shape index (κ2) is 5.53. The summed E-state index contributed by atoms with van der Waals surface area (Å²) in [5.74, 6) is -2.50. The Morgan fingerprint density at radius 3 is 2.45 bits per heavy atom. The third-order valence-corrected chi connectivity index (χ3v) is 4.83. The SMILES string of the molecule is OC(CCl)(c1nc2ccc(F)cc2s1)c1ccc(F)cc1F. The van der Waals surface area contributed by atoms with Gasteiger partial charge in [-0.2, -0.15) is 0 Å². The van der Waals surface area contributed by atoms with Crippen LogP contribution in [0.1, 0.15) is 10.6 Å². The zero-order valence-electron chi connectivity index (χ0n) is 11.0. The van der Waals surface area contributed by atoms with Crippen molar-refractivity contribution in [2.45, 2.75) is 5.60 Å². The molecule has 0 spiro atoms. The van der Waals surface area contributed by atoms with E-state index >= 15 is 0 Å². The van der Waals surface area contributed by atoms with Crippen LogP contribution in [-0.4, -0.2) is 16.0 Å². The zero-order chi connectivity index (χ0) is 15.9. The molecule has 22 heavy (non-hydrogen) atoms. The molecule has 1 N–H and O–H groups in total. The highest BCUT2D eigenvalue weighted by Gasteiger charge is 2.37. The minimum atomic E-state index is -1.92. The van der Waals surface area contributed by atoms with Crippen molar-refractivity contribution in [3.05, 3.63) is 64.4 Å². The first-order valence-electron chi connectivity index (χ1n) is 6.24. The molecule has 2 aromatic carbocycles. The number of thiazole rings is 1. The predicted molar refractivity (Wildman–Crippen MR) is 79.7 cm³/mol. The lowest BCUT2D eigenvalue weighted by atomic mass is 9.96. The van der Waals surface area contributed by atoms with Crippen molar-refractivity contribution in [3.8, 4) is 0 Å². The van der Waals surface area contributed by atoms with E-state index in [0.29, 0.717) is 16.3 Å². The van der Waals surface area contributed by atoms with E-state index in [2.05, 4.69) is 4.98 Å². The van der Waals surface area contributed by atoms with E-state index < -0.39 is 23.1 Å². The van der Waals surface area contributed by atoms with Gasteiger partial charge in [0.2, 0.25) is 0 Å². The van der Waals surface area contributed by atoms with Crippen LogP contribution in [0.4, 0.5) is 13.2 Å². The highest BCUT2D eigenvalue weighted by atomic mass is 35.5. The molecule has 1 atom stereocenters. The fourth-order valence-corrected chi connectivity index (χ4v) is 3.59. The molecule has 0 radical (unpaired) electrons. The summed E-state index contributed by atoms with van der Waals surface area (Å²) < 4.78 is 40.8. The van der Waals surface area contributed by atoms with E-state index in [1.807, 2.05) is 0 Å². The number of aliphatic hydroxyl groups is 1. The van der Waals surface area contributed by atoms with Gasteiger partial charge in [-0.15, -0.1) is 22.9 Å². The molecule has 1 aromatic heterocycles. The van der Waals surface area contributed by atoms with Crippen molar-refractivity contribution >= 4 is 33.2 Å². The number of aromatic nitrogens is 1. The summed E-state index contributed by atoms with van der Waals surface area (Å²) in [6.07, 6.45) is 0. The summed E-state index contributed by atoms with van der Waals surface area (Å²) in [6, 6.07) is 6.79. The summed E-state index contributed by atoms with van der Waals surface area (Å²) >= 11 is 6.84. The smallest absolute Gasteiger partial charge is 0.157 e. The van der Waals surface area contributed by atoms with Gasteiger partial charge in [0, 0.05) is 11.6 Å². The van der Waals surface area contributed by atoms with Gasteiger partial charge in [0.05, 0.1) is 16.1 Å². The standard InChI is InChI=1S/C15H9ClF3NOS/c16-7-15(21,10-3-1-8(17)5-11(10)19)14-20-12-4-2-9(18)6-13(12)22-14/h1-6,21H,7H2. The average molecular weight is 344 g/mol. The fraction of sp³-hybridized carbons (Fsp3) is 0.133. The minimum Gasteiger partial charge on any atom is -0.376 e. The van der Waals surface area contributed by atoms with Gasteiger partial charge in [-0.05, 0) is 30.3 Å². The predicted octanol–water partition coefficient (Wildman–Crippen LogP) is 4.19. The molecule has 3 rings (SSSR count). The lowest BCUT2D eigenvalue weighted by molar-refractivity contribution is 0.101. The van der Waals surface area contributed by atoms with Crippen molar-refractivity contribution in [3.63, 3.8) is 0 Å². The van der Waals surface area contributed by atoms with Gasteiger partial charge in [0.1, 0.15) is 22.5 Å². The van der Waals surface area contributed by atoms with Crippen molar-refractivity contribution < 1.29 is 18.3 Å². The van der Waals surface area contributed by atoms with Gasteiger partial charge < -0.3 is 5.11 Å². The van der Waals surface area contributed by atoms with Crippen molar-refractivity contribution in [2.24, 2.45) is 0 Å². The lowest BCUT2D eigenvalue weighted by Gasteiger charge is -2.24. The Morgan fingerprint density at radius 2 is 1.77 bits per heavy atom. The molecule has 7 heteroatoms. The molecule has 0 aliphatic carbocycles. The van der Waals surface area contributed by atoms with Gasteiger partial charge in [-0.25, -0.2) is 18.2 Å². The Labute approximate surface area is 132 Å². The van der Waals surface area contributed by atoms with Gasteiger partial charge in [-0.3, -0.25) is 0 Å². The first-order chi connectivity index (χ1) is 10.4. The molecule has 1 unspecified atom stereocenters. The lowest BCUT2D eigenvalue weighted by Crippen LogP contribution is -2.30. The van der Waals surface area contributed by atoms with Gasteiger partial charge >= 0.3 is 0 Å². The monoisotopic (exact) mass is 343 g/mol. The number of rotatable bonds is 3. The van der Waals surface area contributed by atoms with Gasteiger partial charge in [0.15, 0.2) is 5.60 Å². The molecular formula is C15H9ClF3NOS. The first-order valence-corrected chi connectivity index (χ1v) is 7.59. The van der Waals surface area contributed by atoms with Gasteiger partial charge in [-0.1, -0.05) is 0 Å². The van der Waals surface area contributed by atoms with E-state index in [1.54, 1.807) is 0 Å². The normalized spacial score (nSPS) is 14.2. The van der Waals surface area contributed by atoms with Crippen molar-refractivity contribution in [1.29, 1.82) is 0 Å². The number of halogens is 4. The number of hydrogen-bond donors (Lipinski definition) is 1. The molecule has 0 fully saturated rings. The molecule has 2 nitrogen and oxygen atoms in total.